The van der Waals surface area contributed by atoms with Crippen LogP contribution in [0.3, 0.4) is 0 Å². The predicted molar refractivity (Wildman–Crippen MR) is 129 cm³/mol. The fourth-order valence-electron chi connectivity index (χ4n) is 3.61. The van der Waals surface area contributed by atoms with Crippen LogP contribution >= 0.6 is 0 Å². The lowest BCUT2D eigenvalue weighted by molar-refractivity contribution is -0.137. The van der Waals surface area contributed by atoms with Gasteiger partial charge in [0.25, 0.3) is 0 Å². The Morgan fingerprint density at radius 1 is 0.971 bits per heavy atom. The first-order valence-electron chi connectivity index (χ1n) is 11.9. The van der Waals surface area contributed by atoms with E-state index in [0.29, 0.717) is 19.0 Å². The van der Waals surface area contributed by atoms with E-state index in [4.69, 9.17) is 4.18 Å². The van der Waals surface area contributed by atoms with Gasteiger partial charge in [0.1, 0.15) is 10.6 Å². The molecule has 2 aromatic rings. The monoisotopic (exact) mass is 513 g/mol. The van der Waals surface area contributed by atoms with Gasteiger partial charge >= 0.3 is 16.3 Å². The number of benzene rings is 2. The maximum absolute atomic E-state index is 12.9. The Kier molecular flexibility index (Phi) is 10.6. The summed E-state index contributed by atoms with van der Waals surface area (Å²) in [6, 6.07) is 9.55. The van der Waals surface area contributed by atoms with Gasteiger partial charge in [-0.2, -0.15) is 21.6 Å². The first-order chi connectivity index (χ1) is 16.4. The van der Waals surface area contributed by atoms with Gasteiger partial charge in [0.2, 0.25) is 5.91 Å². The Hall–Kier alpha value is -2.55. The molecule has 0 aliphatic rings. The Labute approximate surface area is 206 Å². The third kappa shape index (κ3) is 9.20. The molecule has 35 heavy (non-hydrogen) atoms. The molecule has 9 heteroatoms. The normalized spacial score (nSPS) is 12.1. The SMILES string of the molecule is CCCCCCCCC(=O)N(Cc1ccc(OS(=O)(=O)c2cccc(C(F)(F)F)c2)cc1)C(C)C. The lowest BCUT2D eigenvalue weighted by Gasteiger charge is -2.27. The summed E-state index contributed by atoms with van der Waals surface area (Å²) in [6.07, 6.45) is 2.43. The Morgan fingerprint density at radius 2 is 1.60 bits per heavy atom. The number of halogens is 3. The van der Waals surface area contributed by atoms with Crippen LogP contribution in [0.25, 0.3) is 0 Å². The summed E-state index contributed by atoms with van der Waals surface area (Å²) in [6.45, 7) is 6.42. The summed E-state index contributed by atoms with van der Waals surface area (Å²) in [4.78, 5) is 13.9. The lowest BCUT2D eigenvalue weighted by atomic mass is 10.1. The second-order valence-corrected chi connectivity index (χ2v) is 10.4. The van der Waals surface area contributed by atoms with Crippen molar-refractivity contribution in [2.24, 2.45) is 0 Å². The van der Waals surface area contributed by atoms with E-state index >= 15 is 0 Å². The molecule has 0 saturated carbocycles. The van der Waals surface area contributed by atoms with Gasteiger partial charge in [-0.05, 0) is 56.2 Å². The van der Waals surface area contributed by atoms with Crippen molar-refractivity contribution in [2.45, 2.75) is 89.4 Å². The fourth-order valence-corrected chi connectivity index (χ4v) is 4.59. The molecule has 0 aromatic heterocycles. The molecule has 0 N–H and O–H groups in total. The molecule has 0 spiro atoms. The minimum atomic E-state index is -4.66. The zero-order chi connectivity index (χ0) is 26.1. The molecule has 5 nitrogen and oxygen atoms in total. The van der Waals surface area contributed by atoms with Gasteiger partial charge < -0.3 is 9.08 Å². The van der Waals surface area contributed by atoms with Crippen LogP contribution in [0.15, 0.2) is 53.4 Å². The minimum Gasteiger partial charge on any atom is -0.379 e. The van der Waals surface area contributed by atoms with Crippen LogP contribution in [0.4, 0.5) is 13.2 Å². The number of amides is 1. The van der Waals surface area contributed by atoms with E-state index < -0.39 is 26.8 Å². The van der Waals surface area contributed by atoms with E-state index in [9.17, 15) is 26.4 Å². The van der Waals surface area contributed by atoms with Crippen molar-refractivity contribution >= 4 is 16.0 Å². The first-order valence-corrected chi connectivity index (χ1v) is 13.3. The quantitative estimate of drug-likeness (QED) is 0.215. The Balaban J connectivity index is 2.00. The first kappa shape index (κ1) is 28.7. The van der Waals surface area contributed by atoms with Crippen molar-refractivity contribution in [2.75, 3.05) is 0 Å². The van der Waals surface area contributed by atoms with Crippen molar-refractivity contribution in [1.29, 1.82) is 0 Å². The average molecular weight is 514 g/mol. The van der Waals surface area contributed by atoms with E-state index in [1.165, 1.54) is 31.4 Å². The average Bonchev–Trinajstić information content (AvgIpc) is 2.79. The third-order valence-electron chi connectivity index (χ3n) is 5.62. The highest BCUT2D eigenvalue weighted by Crippen LogP contribution is 2.31. The summed E-state index contributed by atoms with van der Waals surface area (Å²) in [5, 5.41) is 0. The molecular formula is C26H34F3NO4S. The van der Waals surface area contributed by atoms with Crippen molar-refractivity contribution < 1.29 is 30.6 Å². The summed E-state index contributed by atoms with van der Waals surface area (Å²) in [5.74, 6) is 0.0450. The van der Waals surface area contributed by atoms with Gasteiger partial charge in [0.05, 0.1) is 5.56 Å². The van der Waals surface area contributed by atoms with Crippen LogP contribution in [0.5, 0.6) is 5.75 Å². The molecule has 0 radical (unpaired) electrons. The largest absolute Gasteiger partial charge is 0.416 e. The maximum atomic E-state index is 12.9. The molecule has 194 valence electrons. The molecule has 0 saturated heterocycles. The van der Waals surface area contributed by atoms with Gasteiger partial charge in [-0.1, -0.05) is 57.2 Å². The van der Waals surface area contributed by atoms with Crippen LogP contribution in [-0.2, 0) is 27.6 Å². The van der Waals surface area contributed by atoms with Crippen LogP contribution in [0.2, 0.25) is 0 Å². The van der Waals surface area contributed by atoms with Gasteiger partial charge in [-0.25, -0.2) is 0 Å². The molecule has 2 rings (SSSR count). The zero-order valence-corrected chi connectivity index (χ0v) is 21.3. The third-order valence-corrected chi connectivity index (χ3v) is 6.86. The molecule has 0 bridgehead atoms. The van der Waals surface area contributed by atoms with Gasteiger partial charge in [-0.15, -0.1) is 0 Å². The van der Waals surface area contributed by atoms with Crippen LogP contribution in [0, 0.1) is 0 Å². The van der Waals surface area contributed by atoms with E-state index in [1.54, 1.807) is 17.0 Å². The maximum Gasteiger partial charge on any atom is 0.416 e. The van der Waals surface area contributed by atoms with Crippen LogP contribution in [0.1, 0.15) is 76.8 Å². The minimum absolute atomic E-state index is 0.000181. The van der Waals surface area contributed by atoms with Crippen molar-refractivity contribution in [3.8, 4) is 5.75 Å². The molecule has 0 unspecified atom stereocenters. The van der Waals surface area contributed by atoms with Crippen LogP contribution in [-0.4, -0.2) is 25.3 Å². The molecule has 0 aliphatic heterocycles. The fraction of sp³-hybridized carbons (Fsp3) is 0.500. The van der Waals surface area contributed by atoms with Crippen LogP contribution < -0.4 is 4.18 Å². The zero-order valence-electron chi connectivity index (χ0n) is 20.5. The van der Waals surface area contributed by atoms with Crippen molar-refractivity contribution in [3.05, 3.63) is 59.7 Å². The number of hydrogen-bond acceptors (Lipinski definition) is 4. The van der Waals surface area contributed by atoms with Crippen molar-refractivity contribution in [1.82, 2.24) is 4.90 Å². The standard InChI is InChI=1S/C26H34F3NO4S/c1-4-5-6-7-8-9-13-25(31)30(20(2)3)19-21-14-16-23(17-15-21)34-35(32,33)24-12-10-11-22(18-24)26(27,28)29/h10-12,14-18,20H,4-9,13,19H2,1-3H3. The number of rotatable bonds is 13. The molecule has 0 atom stereocenters. The smallest absolute Gasteiger partial charge is 0.379 e. The number of alkyl halides is 3. The molecule has 0 heterocycles. The summed E-state index contributed by atoms with van der Waals surface area (Å²) >= 11 is 0. The number of hydrogen-bond donors (Lipinski definition) is 0. The summed E-state index contributed by atoms with van der Waals surface area (Å²) < 4.78 is 68.7. The van der Waals surface area contributed by atoms with E-state index in [1.807, 2.05) is 13.8 Å². The molecule has 0 fully saturated rings. The second kappa shape index (κ2) is 13.0. The lowest BCUT2D eigenvalue weighted by Crippen LogP contribution is -2.36. The highest BCUT2D eigenvalue weighted by atomic mass is 32.2. The Morgan fingerprint density at radius 3 is 2.20 bits per heavy atom. The highest BCUT2D eigenvalue weighted by molar-refractivity contribution is 7.87. The molecule has 2 aromatic carbocycles. The van der Waals surface area contributed by atoms with E-state index in [0.717, 1.165) is 43.0 Å². The van der Waals surface area contributed by atoms with E-state index in [2.05, 4.69) is 6.92 Å². The second-order valence-electron chi connectivity index (χ2n) is 8.84. The van der Waals surface area contributed by atoms with E-state index in [-0.39, 0.29) is 17.7 Å². The Bertz CT molecular complexity index is 1050. The number of unbranched alkanes of at least 4 members (excludes halogenated alkanes) is 5. The highest BCUT2D eigenvalue weighted by Gasteiger charge is 2.32. The molecular weight excluding hydrogens is 479 g/mol. The molecule has 1 amide bonds. The van der Waals surface area contributed by atoms with Gasteiger partial charge in [0, 0.05) is 19.0 Å². The summed E-state index contributed by atoms with van der Waals surface area (Å²) in [5.41, 5.74) is -0.282. The topological polar surface area (TPSA) is 63.7 Å². The predicted octanol–water partition coefficient (Wildman–Crippen LogP) is 6.96. The van der Waals surface area contributed by atoms with Gasteiger partial charge in [-0.3, -0.25) is 4.79 Å². The van der Waals surface area contributed by atoms with Gasteiger partial charge in [0.15, 0.2) is 0 Å². The summed E-state index contributed by atoms with van der Waals surface area (Å²) in [7, 11) is -4.44. The number of carbonyl (C=O) groups is 1. The molecule has 0 aliphatic carbocycles. The number of nitrogens with zero attached hydrogens (tertiary/aromatic N) is 1. The number of carbonyl (C=O) groups excluding carboxylic acids is 1. The van der Waals surface area contributed by atoms with Crippen molar-refractivity contribution in [3.63, 3.8) is 0 Å².